The van der Waals surface area contributed by atoms with Crippen LogP contribution in [0.5, 0.6) is 0 Å². The van der Waals surface area contributed by atoms with Gasteiger partial charge in [0.05, 0.1) is 22.6 Å². The van der Waals surface area contributed by atoms with Gasteiger partial charge in [-0.25, -0.2) is 0 Å². The van der Waals surface area contributed by atoms with Crippen molar-refractivity contribution < 1.29 is 18.0 Å². The molecule has 5 aromatic rings. The van der Waals surface area contributed by atoms with Crippen LogP contribution in [0.3, 0.4) is 0 Å². The molecule has 1 amide bonds. The van der Waals surface area contributed by atoms with Gasteiger partial charge in [-0.1, -0.05) is 58.4 Å². The van der Waals surface area contributed by atoms with Crippen molar-refractivity contribution >= 4 is 34.2 Å². The Balaban J connectivity index is 0.00000384. The number of halogens is 5. The Morgan fingerprint density at radius 1 is 0.841 bits per heavy atom. The van der Waals surface area contributed by atoms with Gasteiger partial charge in [0.25, 0.3) is 5.91 Å². The number of aromatic nitrogens is 2. The molecule has 0 unspecified atom stereocenters. The third kappa shape index (κ3) is 6.76. The standard InChI is InChI=1S/C35H29BrF3N3O.ClH/c36-29-12-10-26(11-13-29)31-14-15-32(42(31)33-9-2-1-8-30(33)35(37,38)39)27-6-3-7-28(22-27)34(43)41-19-16-24(17-20-41)21-25-5-4-18-40-23-25;/h1-15,18,22-24H,16-17,19-21H2;1H. The average Bonchev–Trinajstić information content (AvgIpc) is 3.47. The van der Waals surface area contributed by atoms with E-state index in [1.54, 1.807) is 35.0 Å². The number of pyridine rings is 1. The fraction of sp³-hybridized carbons (Fsp3) is 0.200. The molecule has 0 aliphatic carbocycles. The van der Waals surface area contributed by atoms with Gasteiger partial charge in [-0.3, -0.25) is 9.78 Å². The number of piperidine rings is 1. The number of benzene rings is 3. The predicted octanol–water partition coefficient (Wildman–Crippen LogP) is 9.50. The number of carbonyl (C=O) groups is 1. The third-order valence-corrected chi connectivity index (χ3v) is 8.55. The Hall–Kier alpha value is -3.88. The fourth-order valence-electron chi connectivity index (χ4n) is 5.86. The summed E-state index contributed by atoms with van der Waals surface area (Å²) >= 11 is 3.44. The molecular weight excluding hydrogens is 651 g/mol. The summed E-state index contributed by atoms with van der Waals surface area (Å²) in [4.78, 5) is 19.7. The lowest BCUT2D eigenvalue weighted by Gasteiger charge is -2.32. The minimum absolute atomic E-state index is 0. The van der Waals surface area contributed by atoms with E-state index in [4.69, 9.17) is 0 Å². The van der Waals surface area contributed by atoms with Crippen molar-refractivity contribution in [1.29, 1.82) is 0 Å². The molecular formula is C35H30BrClF3N3O. The number of nitrogens with zero attached hydrogens (tertiary/aromatic N) is 3. The van der Waals surface area contributed by atoms with E-state index in [9.17, 15) is 18.0 Å². The number of alkyl halides is 3. The van der Waals surface area contributed by atoms with Crippen LogP contribution in [0, 0.1) is 5.92 Å². The largest absolute Gasteiger partial charge is 0.418 e. The number of hydrogen-bond acceptors (Lipinski definition) is 2. The number of para-hydroxylation sites is 1. The molecule has 9 heteroatoms. The predicted molar refractivity (Wildman–Crippen MR) is 173 cm³/mol. The summed E-state index contributed by atoms with van der Waals surface area (Å²) in [6.45, 7) is 1.33. The maximum Gasteiger partial charge on any atom is 0.418 e. The first-order valence-corrected chi connectivity index (χ1v) is 15.0. The fourth-order valence-corrected chi connectivity index (χ4v) is 6.13. The van der Waals surface area contributed by atoms with E-state index in [0.29, 0.717) is 41.5 Å². The van der Waals surface area contributed by atoms with Gasteiger partial charge in [0.1, 0.15) is 0 Å². The molecule has 4 nitrogen and oxygen atoms in total. The first kappa shape index (κ1) is 31.5. The molecule has 1 aliphatic heterocycles. The molecule has 226 valence electrons. The topological polar surface area (TPSA) is 38.1 Å². The SMILES string of the molecule is Cl.O=C(c1cccc(-c2ccc(-c3ccc(Br)cc3)n2-c2ccccc2C(F)(F)F)c1)N1CCC(Cc2cccnc2)CC1. The first-order chi connectivity index (χ1) is 20.8. The average molecular weight is 681 g/mol. The van der Waals surface area contributed by atoms with Crippen LogP contribution in [0.15, 0.2) is 114 Å². The molecule has 44 heavy (non-hydrogen) atoms. The number of carbonyl (C=O) groups excluding carboxylic acids is 1. The van der Waals surface area contributed by atoms with Crippen LogP contribution in [-0.2, 0) is 12.6 Å². The highest BCUT2D eigenvalue weighted by Gasteiger charge is 2.34. The molecule has 2 aromatic heterocycles. The highest BCUT2D eigenvalue weighted by Crippen LogP contribution is 2.39. The van der Waals surface area contributed by atoms with Gasteiger partial charge in [0, 0.05) is 35.5 Å². The maximum atomic E-state index is 14.2. The van der Waals surface area contributed by atoms with Gasteiger partial charge in [-0.15, -0.1) is 12.4 Å². The van der Waals surface area contributed by atoms with Gasteiger partial charge >= 0.3 is 6.18 Å². The molecule has 0 radical (unpaired) electrons. The highest BCUT2D eigenvalue weighted by atomic mass is 79.9. The van der Waals surface area contributed by atoms with Crippen molar-refractivity contribution in [3.05, 3.63) is 131 Å². The Bertz CT molecular complexity index is 1730. The number of amides is 1. The summed E-state index contributed by atoms with van der Waals surface area (Å²) in [7, 11) is 0. The van der Waals surface area contributed by atoms with E-state index >= 15 is 0 Å². The summed E-state index contributed by atoms with van der Waals surface area (Å²) in [5.41, 5.74) is 3.65. The monoisotopic (exact) mass is 679 g/mol. The van der Waals surface area contributed by atoms with Gasteiger partial charge in [0.2, 0.25) is 0 Å². The van der Waals surface area contributed by atoms with Crippen LogP contribution in [0.1, 0.15) is 34.3 Å². The molecule has 3 heterocycles. The minimum Gasteiger partial charge on any atom is -0.339 e. The van der Waals surface area contributed by atoms with Crippen LogP contribution in [0.4, 0.5) is 13.2 Å². The van der Waals surface area contributed by atoms with Crippen LogP contribution >= 0.6 is 28.3 Å². The summed E-state index contributed by atoms with van der Waals surface area (Å²) < 4.78 is 45.2. The third-order valence-electron chi connectivity index (χ3n) is 8.03. The minimum atomic E-state index is -4.55. The lowest BCUT2D eigenvalue weighted by atomic mass is 9.90. The van der Waals surface area contributed by atoms with E-state index in [0.717, 1.165) is 35.4 Å². The molecule has 6 rings (SSSR count). The molecule has 0 atom stereocenters. The number of hydrogen-bond donors (Lipinski definition) is 0. The molecule has 1 fully saturated rings. The van der Waals surface area contributed by atoms with Crippen LogP contribution in [0.2, 0.25) is 0 Å². The summed E-state index contributed by atoms with van der Waals surface area (Å²) in [5.74, 6) is 0.428. The summed E-state index contributed by atoms with van der Waals surface area (Å²) in [5, 5.41) is 0. The highest BCUT2D eigenvalue weighted by molar-refractivity contribution is 9.10. The molecule has 0 saturated carbocycles. The van der Waals surface area contributed by atoms with Crippen molar-refractivity contribution in [2.75, 3.05) is 13.1 Å². The van der Waals surface area contributed by atoms with E-state index in [2.05, 4.69) is 27.0 Å². The van der Waals surface area contributed by atoms with Crippen molar-refractivity contribution in [2.24, 2.45) is 5.92 Å². The zero-order valence-electron chi connectivity index (χ0n) is 23.7. The Morgan fingerprint density at radius 2 is 1.55 bits per heavy atom. The molecule has 0 bridgehead atoms. The smallest absolute Gasteiger partial charge is 0.339 e. The Labute approximate surface area is 269 Å². The van der Waals surface area contributed by atoms with Crippen molar-refractivity contribution in [3.63, 3.8) is 0 Å². The van der Waals surface area contributed by atoms with E-state index in [1.807, 2.05) is 59.6 Å². The maximum absolute atomic E-state index is 14.2. The number of likely N-dealkylation sites (tertiary alicyclic amines) is 1. The lowest BCUT2D eigenvalue weighted by molar-refractivity contribution is -0.137. The van der Waals surface area contributed by atoms with Crippen LogP contribution < -0.4 is 0 Å². The molecule has 1 saturated heterocycles. The van der Waals surface area contributed by atoms with Gasteiger partial charge < -0.3 is 9.47 Å². The second-order valence-corrected chi connectivity index (χ2v) is 11.8. The first-order valence-electron chi connectivity index (χ1n) is 14.2. The van der Waals surface area contributed by atoms with E-state index < -0.39 is 11.7 Å². The zero-order valence-corrected chi connectivity index (χ0v) is 26.1. The van der Waals surface area contributed by atoms with Crippen LogP contribution in [-0.4, -0.2) is 33.4 Å². The normalized spacial score (nSPS) is 13.9. The Morgan fingerprint density at radius 3 is 2.23 bits per heavy atom. The molecule has 1 aliphatic rings. The van der Waals surface area contributed by atoms with Crippen molar-refractivity contribution in [1.82, 2.24) is 14.5 Å². The second-order valence-electron chi connectivity index (χ2n) is 10.8. The van der Waals surface area contributed by atoms with Gasteiger partial charge in [-0.2, -0.15) is 13.2 Å². The number of rotatable bonds is 6. The quantitative estimate of drug-likeness (QED) is 0.179. The van der Waals surface area contributed by atoms with E-state index in [1.165, 1.54) is 17.7 Å². The summed E-state index contributed by atoms with van der Waals surface area (Å²) in [6, 6.07) is 27.9. The lowest BCUT2D eigenvalue weighted by Crippen LogP contribution is -2.38. The van der Waals surface area contributed by atoms with Crippen molar-refractivity contribution in [2.45, 2.75) is 25.4 Å². The van der Waals surface area contributed by atoms with E-state index in [-0.39, 0.29) is 24.0 Å². The molecule has 0 N–H and O–H groups in total. The Kier molecular flexibility index (Phi) is 9.61. The zero-order chi connectivity index (χ0) is 30.0. The van der Waals surface area contributed by atoms with Crippen LogP contribution in [0.25, 0.3) is 28.2 Å². The molecule has 3 aromatic carbocycles. The van der Waals surface area contributed by atoms with Gasteiger partial charge in [-0.05, 0) is 96.5 Å². The summed E-state index contributed by atoms with van der Waals surface area (Å²) in [6.07, 6.45) is 1.89. The molecule has 0 spiro atoms. The van der Waals surface area contributed by atoms with Gasteiger partial charge in [0.15, 0.2) is 0 Å². The second kappa shape index (κ2) is 13.4. The van der Waals surface area contributed by atoms with Crippen molar-refractivity contribution in [3.8, 4) is 28.2 Å².